The molecule has 3 N–H and O–H groups in total. The number of nitrogens with two attached hydrogens (primary N) is 1. The fourth-order valence-corrected chi connectivity index (χ4v) is 4.02. The molecule has 2 heterocycles. The SMILES string of the molecule is COC(=O)Nc1ccc(-c2cnn(C(CCOC(F)F)c3ccc(-c4c(N)ccc(Cl)c4F)cn3)c2)cc1. The van der Waals surface area contributed by atoms with Crippen LogP contribution in [0.3, 0.4) is 0 Å². The molecule has 2 aromatic carbocycles. The van der Waals surface area contributed by atoms with Gasteiger partial charge in [-0.25, -0.2) is 9.18 Å². The largest absolute Gasteiger partial charge is 0.453 e. The highest BCUT2D eigenvalue weighted by Crippen LogP contribution is 2.33. The van der Waals surface area contributed by atoms with Crippen molar-refractivity contribution in [2.75, 3.05) is 24.8 Å². The van der Waals surface area contributed by atoms with Crippen molar-refractivity contribution in [2.24, 2.45) is 0 Å². The van der Waals surface area contributed by atoms with Crippen molar-refractivity contribution in [3.8, 4) is 22.3 Å². The van der Waals surface area contributed by atoms with Crippen LogP contribution in [-0.2, 0) is 9.47 Å². The van der Waals surface area contributed by atoms with Crippen LogP contribution in [0.15, 0.2) is 67.1 Å². The normalized spacial score (nSPS) is 11.9. The van der Waals surface area contributed by atoms with E-state index in [0.717, 1.165) is 11.1 Å². The molecule has 1 unspecified atom stereocenters. The fraction of sp³-hybridized carbons (Fsp3) is 0.192. The van der Waals surface area contributed by atoms with E-state index < -0.39 is 24.6 Å². The first-order valence-corrected chi connectivity index (χ1v) is 11.7. The number of nitrogen functional groups attached to an aromatic ring is 1. The van der Waals surface area contributed by atoms with Gasteiger partial charge in [0.05, 0.1) is 36.7 Å². The topological polar surface area (TPSA) is 104 Å². The van der Waals surface area contributed by atoms with Gasteiger partial charge in [-0.1, -0.05) is 29.8 Å². The lowest BCUT2D eigenvalue weighted by Crippen LogP contribution is -2.16. The number of carbonyl (C=O) groups excluding carboxylic acids is 1. The molecule has 12 heteroatoms. The van der Waals surface area contributed by atoms with Crippen LogP contribution in [0.2, 0.25) is 5.02 Å². The molecule has 1 amide bonds. The van der Waals surface area contributed by atoms with E-state index in [4.69, 9.17) is 17.3 Å². The lowest BCUT2D eigenvalue weighted by Gasteiger charge is -2.18. The van der Waals surface area contributed by atoms with Gasteiger partial charge >= 0.3 is 12.7 Å². The number of hydrogen-bond acceptors (Lipinski definition) is 6. The molecule has 1 atom stereocenters. The second-order valence-electron chi connectivity index (χ2n) is 8.14. The third-order valence-corrected chi connectivity index (χ3v) is 6.04. The number of aromatic nitrogens is 3. The minimum absolute atomic E-state index is 0.0709. The summed E-state index contributed by atoms with van der Waals surface area (Å²) in [6.07, 6.45) is 4.38. The highest BCUT2D eigenvalue weighted by molar-refractivity contribution is 6.31. The number of alkyl halides is 2. The number of methoxy groups -OCH3 is 1. The average molecular weight is 546 g/mol. The van der Waals surface area contributed by atoms with Crippen LogP contribution >= 0.6 is 11.6 Å². The van der Waals surface area contributed by atoms with Crippen molar-refractivity contribution < 1.29 is 27.4 Å². The van der Waals surface area contributed by atoms with Gasteiger partial charge in [0.25, 0.3) is 0 Å². The predicted molar refractivity (Wildman–Crippen MR) is 137 cm³/mol. The first-order chi connectivity index (χ1) is 18.3. The molecule has 4 rings (SSSR count). The number of rotatable bonds is 9. The zero-order valence-corrected chi connectivity index (χ0v) is 20.8. The highest BCUT2D eigenvalue weighted by atomic mass is 35.5. The number of benzene rings is 2. The number of carbonyl (C=O) groups is 1. The van der Waals surface area contributed by atoms with E-state index in [1.165, 1.54) is 25.4 Å². The molecule has 0 saturated heterocycles. The smallest absolute Gasteiger partial charge is 0.411 e. The second-order valence-corrected chi connectivity index (χ2v) is 8.54. The zero-order chi connectivity index (χ0) is 27.2. The quantitative estimate of drug-likeness (QED) is 0.236. The van der Waals surface area contributed by atoms with Gasteiger partial charge in [-0.15, -0.1) is 0 Å². The Balaban J connectivity index is 1.60. The molecule has 0 radical (unpaired) electrons. The number of amides is 1. The molecule has 0 spiro atoms. The minimum atomic E-state index is -2.91. The van der Waals surface area contributed by atoms with Crippen LogP contribution in [0.4, 0.5) is 29.3 Å². The number of anilines is 2. The maximum Gasteiger partial charge on any atom is 0.411 e. The summed E-state index contributed by atoms with van der Waals surface area (Å²) in [5.41, 5.74) is 9.30. The number of nitrogens with one attached hydrogen (secondary N) is 1. The van der Waals surface area contributed by atoms with Crippen molar-refractivity contribution >= 4 is 29.1 Å². The highest BCUT2D eigenvalue weighted by Gasteiger charge is 2.20. The van der Waals surface area contributed by atoms with E-state index in [9.17, 15) is 18.0 Å². The Bertz CT molecular complexity index is 1400. The molecular weight excluding hydrogens is 523 g/mol. The van der Waals surface area contributed by atoms with Crippen molar-refractivity contribution in [2.45, 2.75) is 19.1 Å². The summed E-state index contributed by atoms with van der Waals surface area (Å²) < 4.78 is 50.6. The molecule has 0 saturated carbocycles. The molecule has 0 fully saturated rings. The molecule has 38 heavy (non-hydrogen) atoms. The number of ether oxygens (including phenoxy) is 2. The van der Waals surface area contributed by atoms with E-state index >= 15 is 0 Å². The number of hydrogen-bond donors (Lipinski definition) is 2. The van der Waals surface area contributed by atoms with Crippen molar-refractivity contribution in [3.05, 3.63) is 83.7 Å². The van der Waals surface area contributed by atoms with Crippen LogP contribution in [0.1, 0.15) is 18.2 Å². The first-order valence-electron chi connectivity index (χ1n) is 11.4. The Morgan fingerprint density at radius 1 is 1.08 bits per heavy atom. The van der Waals surface area contributed by atoms with Crippen LogP contribution < -0.4 is 11.1 Å². The molecule has 8 nitrogen and oxygen atoms in total. The Morgan fingerprint density at radius 2 is 1.82 bits per heavy atom. The van der Waals surface area contributed by atoms with Gasteiger partial charge in [0.15, 0.2) is 5.82 Å². The van der Waals surface area contributed by atoms with Gasteiger partial charge in [0.1, 0.15) is 0 Å². The molecule has 198 valence electrons. The summed E-state index contributed by atoms with van der Waals surface area (Å²) in [5, 5.41) is 6.92. The Hall–Kier alpha value is -4.09. The van der Waals surface area contributed by atoms with Gasteiger partial charge in [-0.3, -0.25) is 15.0 Å². The summed E-state index contributed by atoms with van der Waals surface area (Å²) in [7, 11) is 1.27. The lowest BCUT2D eigenvalue weighted by atomic mass is 10.0. The number of halogens is 4. The van der Waals surface area contributed by atoms with E-state index in [1.54, 1.807) is 53.5 Å². The number of nitrogens with zero attached hydrogens (tertiary/aromatic N) is 3. The van der Waals surface area contributed by atoms with Crippen molar-refractivity contribution in [1.29, 1.82) is 0 Å². The summed E-state index contributed by atoms with van der Waals surface area (Å²) in [4.78, 5) is 15.8. The summed E-state index contributed by atoms with van der Waals surface area (Å²) in [5.74, 6) is -0.660. The van der Waals surface area contributed by atoms with Crippen molar-refractivity contribution in [3.63, 3.8) is 0 Å². The molecule has 4 aromatic rings. The molecular formula is C26H23ClF3N5O3. The van der Waals surface area contributed by atoms with E-state index in [-0.39, 0.29) is 29.3 Å². The summed E-state index contributed by atoms with van der Waals surface area (Å²) in [6, 6.07) is 12.6. The average Bonchev–Trinajstić information content (AvgIpc) is 3.40. The van der Waals surface area contributed by atoms with Gasteiger partial charge in [0, 0.05) is 40.5 Å². The number of pyridine rings is 1. The first kappa shape index (κ1) is 27.0. The van der Waals surface area contributed by atoms with Gasteiger partial charge in [-0.2, -0.15) is 13.9 Å². The van der Waals surface area contributed by atoms with Gasteiger partial charge in [0.2, 0.25) is 0 Å². The third kappa shape index (κ3) is 6.24. The molecule has 0 bridgehead atoms. The Morgan fingerprint density at radius 3 is 2.47 bits per heavy atom. The summed E-state index contributed by atoms with van der Waals surface area (Å²) >= 11 is 5.91. The molecule has 0 aliphatic heterocycles. The van der Waals surface area contributed by atoms with E-state index in [2.05, 4.69) is 24.9 Å². The van der Waals surface area contributed by atoms with Gasteiger partial charge in [-0.05, 0) is 42.3 Å². The minimum Gasteiger partial charge on any atom is -0.453 e. The lowest BCUT2D eigenvalue weighted by molar-refractivity contribution is -0.130. The Labute approximate surface area is 221 Å². The monoisotopic (exact) mass is 545 g/mol. The third-order valence-electron chi connectivity index (χ3n) is 5.75. The standard InChI is InChI=1S/C26H23ClF3N5O3/c1-37-26(36)34-18-5-2-15(3-6-18)17-13-33-35(14-17)22(10-11-38-25(29)30)21-9-4-16(12-32-21)23-20(31)8-7-19(27)24(23)28/h2-9,12-14,22,25H,10-11,31H2,1H3,(H,34,36). The second kappa shape index (κ2) is 12.0. The maximum atomic E-state index is 14.6. The van der Waals surface area contributed by atoms with Crippen LogP contribution in [-0.4, -0.2) is 41.2 Å². The van der Waals surface area contributed by atoms with E-state index in [1.807, 2.05) is 0 Å². The van der Waals surface area contributed by atoms with Crippen LogP contribution in [0.5, 0.6) is 0 Å². The van der Waals surface area contributed by atoms with E-state index in [0.29, 0.717) is 16.9 Å². The van der Waals surface area contributed by atoms with Crippen LogP contribution in [0.25, 0.3) is 22.3 Å². The zero-order valence-electron chi connectivity index (χ0n) is 20.1. The molecule has 2 aromatic heterocycles. The summed E-state index contributed by atoms with van der Waals surface area (Å²) in [6.45, 7) is -3.16. The molecule has 0 aliphatic rings. The maximum absolute atomic E-state index is 14.6. The fourth-order valence-electron chi connectivity index (χ4n) is 3.87. The van der Waals surface area contributed by atoms with Crippen molar-refractivity contribution in [1.82, 2.24) is 14.8 Å². The predicted octanol–water partition coefficient (Wildman–Crippen LogP) is 6.38. The Kier molecular flexibility index (Phi) is 8.49. The van der Waals surface area contributed by atoms with Gasteiger partial charge < -0.3 is 15.2 Å². The molecule has 0 aliphatic carbocycles. The van der Waals surface area contributed by atoms with Crippen LogP contribution in [0, 0.1) is 5.82 Å².